The number of phenols is 1. The van der Waals surface area contributed by atoms with E-state index in [1.165, 1.54) is 6.07 Å². The van der Waals surface area contributed by atoms with Crippen molar-refractivity contribution in [3.8, 4) is 5.75 Å². The molecule has 1 aromatic carbocycles. The number of phenolic OH excluding ortho intramolecular Hbond substituents is 1. The highest BCUT2D eigenvalue weighted by Crippen LogP contribution is 2.18. The van der Waals surface area contributed by atoms with Gasteiger partial charge in [-0.2, -0.15) is 0 Å². The van der Waals surface area contributed by atoms with Crippen LogP contribution in [0.4, 0.5) is 0 Å². The molecule has 1 aromatic rings. The minimum atomic E-state index is -0.466. The number of aromatic hydroxyl groups is 1. The Bertz CT molecular complexity index is 358. The Morgan fingerprint density at radius 3 is 2.50 bits per heavy atom. The first-order valence-electron chi connectivity index (χ1n) is 5.49. The SMILES string of the molecule is CC(C)CC(C)OC(=O)c1ccccc1O. The molecule has 0 spiro atoms. The van der Waals surface area contributed by atoms with Crippen LogP contribution in [0.15, 0.2) is 24.3 Å². The fourth-order valence-electron chi connectivity index (χ4n) is 1.60. The minimum Gasteiger partial charge on any atom is -0.507 e. The molecule has 16 heavy (non-hydrogen) atoms. The summed E-state index contributed by atoms with van der Waals surface area (Å²) in [6.07, 6.45) is 0.686. The number of para-hydroxylation sites is 1. The van der Waals surface area contributed by atoms with Crippen molar-refractivity contribution in [2.75, 3.05) is 0 Å². The smallest absolute Gasteiger partial charge is 0.342 e. The zero-order valence-electron chi connectivity index (χ0n) is 9.93. The lowest BCUT2D eigenvalue weighted by atomic mass is 10.1. The van der Waals surface area contributed by atoms with Gasteiger partial charge in [-0.15, -0.1) is 0 Å². The minimum absolute atomic E-state index is 0.0377. The highest BCUT2D eigenvalue weighted by molar-refractivity contribution is 5.92. The Kier molecular flexibility index (Phi) is 4.35. The molecule has 1 atom stereocenters. The Morgan fingerprint density at radius 2 is 1.94 bits per heavy atom. The summed E-state index contributed by atoms with van der Waals surface area (Å²) in [6, 6.07) is 6.40. The van der Waals surface area contributed by atoms with Crippen molar-refractivity contribution in [2.24, 2.45) is 5.92 Å². The monoisotopic (exact) mass is 222 g/mol. The van der Waals surface area contributed by atoms with Crippen LogP contribution >= 0.6 is 0 Å². The number of hydrogen-bond acceptors (Lipinski definition) is 3. The molecule has 0 saturated carbocycles. The highest BCUT2D eigenvalue weighted by Gasteiger charge is 2.15. The molecule has 0 fully saturated rings. The van der Waals surface area contributed by atoms with E-state index in [4.69, 9.17) is 4.74 Å². The van der Waals surface area contributed by atoms with Gasteiger partial charge in [0.1, 0.15) is 11.3 Å². The third-order valence-electron chi connectivity index (χ3n) is 2.24. The lowest BCUT2D eigenvalue weighted by Crippen LogP contribution is -2.17. The van der Waals surface area contributed by atoms with E-state index in [-0.39, 0.29) is 17.4 Å². The van der Waals surface area contributed by atoms with Crippen molar-refractivity contribution in [2.45, 2.75) is 33.3 Å². The largest absolute Gasteiger partial charge is 0.507 e. The Hall–Kier alpha value is -1.51. The van der Waals surface area contributed by atoms with Gasteiger partial charge in [0.05, 0.1) is 6.10 Å². The van der Waals surface area contributed by atoms with Crippen LogP contribution in [0.3, 0.4) is 0 Å². The van der Waals surface area contributed by atoms with Gasteiger partial charge in [0.2, 0.25) is 0 Å². The average molecular weight is 222 g/mol. The second-order valence-electron chi connectivity index (χ2n) is 4.36. The molecule has 0 bridgehead atoms. The second kappa shape index (κ2) is 5.54. The van der Waals surface area contributed by atoms with Gasteiger partial charge in [-0.1, -0.05) is 26.0 Å². The van der Waals surface area contributed by atoms with Crippen molar-refractivity contribution in [1.29, 1.82) is 0 Å². The maximum atomic E-state index is 11.7. The van der Waals surface area contributed by atoms with Crippen molar-refractivity contribution in [1.82, 2.24) is 0 Å². The number of rotatable bonds is 4. The highest BCUT2D eigenvalue weighted by atomic mass is 16.5. The predicted octanol–water partition coefficient (Wildman–Crippen LogP) is 2.98. The molecule has 88 valence electrons. The molecule has 3 nitrogen and oxygen atoms in total. The van der Waals surface area contributed by atoms with Gasteiger partial charge in [-0.3, -0.25) is 0 Å². The van der Waals surface area contributed by atoms with Crippen LogP contribution in [0.1, 0.15) is 37.6 Å². The lowest BCUT2D eigenvalue weighted by molar-refractivity contribution is 0.0296. The van der Waals surface area contributed by atoms with Crippen LogP contribution in [-0.2, 0) is 4.74 Å². The van der Waals surface area contributed by atoms with Crippen LogP contribution in [0.25, 0.3) is 0 Å². The summed E-state index contributed by atoms with van der Waals surface area (Å²) in [5, 5.41) is 9.47. The number of carbonyl (C=O) groups excluding carboxylic acids is 1. The molecule has 0 amide bonds. The molecule has 1 N–H and O–H groups in total. The van der Waals surface area contributed by atoms with Gasteiger partial charge in [0, 0.05) is 0 Å². The molecule has 0 aliphatic heterocycles. The normalized spacial score (nSPS) is 12.5. The Labute approximate surface area is 96.1 Å². The predicted molar refractivity (Wildman–Crippen MR) is 62.4 cm³/mol. The Balaban J connectivity index is 2.63. The summed E-state index contributed by atoms with van der Waals surface area (Å²) >= 11 is 0. The third kappa shape index (κ3) is 3.57. The van der Waals surface area contributed by atoms with Crippen LogP contribution in [0.2, 0.25) is 0 Å². The summed E-state index contributed by atoms with van der Waals surface area (Å²) in [6.45, 7) is 6.01. The summed E-state index contributed by atoms with van der Waals surface area (Å²) in [5.74, 6) is -0.0253. The standard InChI is InChI=1S/C13H18O3/c1-9(2)8-10(3)16-13(15)11-6-4-5-7-12(11)14/h4-7,9-10,14H,8H2,1-3H3. The topological polar surface area (TPSA) is 46.5 Å². The first kappa shape index (κ1) is 12.6. The van der Waals surface area contributed by atoms with Crippen LogP contribution in [-0.4, -0.2) is 17.2 Å². The maximum Gasteiger partial charge on any atom is 0.342 e. The van der Waals surface area contributed by atoms with Gasteiger partial charge < -0.3 is 9.84 Å². The quantitative estimate of drug-likeness (QED) is 0.796. The molecular weight excluding hydrogens is 204 g/mol. The van der Waals surface area contributed by atoms with E-state index >= 15 is 0 Å². The fourth-order valence-corrected chi connectivity index (χ4v) is 1.60. The molecule has 1 unspecified atom stereocenters. The molecule has 0 aromatic heterocycles. The van der Waals surface area contributed by atoms with Gasteiger partial charge in [-0.05, 0) is 31.4 Å². The van der Waals surface area contributed by atoms with Crippen molar-refractivity contribution in [3.05, 3.63) is 29.8 Å². The lowest BCUT2D eigenvalue weighted by Gasteiger charge is -2.15. The van der Waals surface area contributed by atoms with E-state index in [1.807, 2.05) is 6.92 Å². The molecule has 0 radical (unpaired) electrons. The average Bonchev–Trinajstić information content (AvgIpc) is 2.16. The van der Waals surface area contributed by atoms with Gasteiger partial charge in [-0.25, -0.2) is 4.79 Å². The van der Waals surface area contributed by atoms with E-state index in [0.717, 1.165) is 6.42 Å². The first-order chi connectivity index (χ1) is 7.50. The third-order valence-corrected chi connectivity index (χ3v) is 2.24. The number of benzene rings is 1. The molecule has 0 saturated heterocycles. The number of carbonyl (C=O) groups is 1. The first-order valence-corrected chi connectivity index (χ1v) is 5.49. The van der Waals surface area contributed by atoms with Gasteiger partial charge in [0.25, 0.3) is 0 Å². The van der Waals surface area contributed by atoms with Crippen molar-refractivity contribution >= 4 is 5.97 Å². The molecule has 0 aliphatic rings. The zero-order chi connectivity index (χ0) is 12.1. The second-order valence-corrected chi connectivity index (χ2v) is 4.36. The van der Waals surface area contributed by atoms with E-state index in [0.29, 0.717) is 5.92 Å². The molecule has 1 rings (SSSR count). The van der Waals surface area contributed by atoms with E-state index in [2.05, 4.69) is 13.8 Å². The zero-order valence-corrected chi connectivity index (χ0v) is 9.93. The van der Waals surface area contributed by atoms with E-state index < -0.39 is 5.97 Å². The number of hydrogen-bond donors (Lipinski definition) is 1. The van der Waals surface area contributed by atoms with Crippen molar-refractivity contribution < 1.29 is 14.6 Å². The van der Waals surface area contributed by atoms with Crippen LogP contribution in [0.5, 0.6) is 5.75 Å². The van der Waals surface area contributed by atoms with Crippen LogP contribution < -0.4 is 0 Å². The summed E-state index contributed by atoms with van der Waals surface area (Å²) in [4.78, 5) is 11.7. The summed E-state index contributed by atoms with van der Waals surface area (Å²) in [5.41, 5.74) is 0.220. The number of esters is 1. The summed E-state index contributed by atoms with van der Waals surface area (Å²) in [7, 11) is 0. The van der Waals surface area contributed by atoms with Gasteiger partial charge >= 0.3 is 5.97 Å². The maximum absolute atomic E-state index is 11.7. The molecule has 0 aliphatic carbocycles. The summed E-state index contributed by atoms with van der Waals surface area (Å²) < 4.78 is 5.23. The molecular formula is C13H18O3. The molecule has 3 heteroatoms. The Morgan fingerprint density at radius 1 is 1.31 bits per heavy atom. The molecule has 0 heterocycles. The van der Waals surface area contributed by atoms with Crippen molar-refractivity contribution in [3.63, 3.8) is 0 Å². The van der Waals surface area contributed by atoms with Gasteiger partial charge in [0.15, 0.2) is 0 Å². The van der Waals surface area contributed by atoms with Crippen LogP contribution in [0, 0.1) is 5.92 Å². The fraction of sp³-hybridized carbons (Fsp3) is 0.462. The van der Waals surface area contributed by atoms with E-state index in [9.17, 15) is 9.90 Å². The number of ether oxygens (including phenoxy) is 1. The van der Waals surface area contributed by atoms with E-state index in [1.54, 1.807) is 18.2 Å².